The van der Waals surface area contributed by atoms with E-state index in [4.69, 9.17) is 11.6 Å². The van der Waals surface area contributed by atoms with Crippen molar-refractivity contribution in [3.8, 4) is 11.5 Å². The second-order valence-corrected chi connectivity index (χ2v) is 4.77. The molecule has 0 aliphatic carbocycles. The molecule has 0 saturated heterocycles. The number of phenols is 2. The van der Waals surface area contributed by atoms with Crippen LogP contribution < -0.4 is 0 Å². The summed E-state index contributed by atoms with van der Waals surface area (Å²) >= 11 is 5.91. The summed E-state index contributed by atoms with van der Waals surface area (Å²) in [5.74, 6) is -1.06. The Morgan fingerprint density at radius 1 is 1.18 bits per heavy atom. The summed E-state index contributed by atoms with van der Waals surface area (Å²) in [5, 5.41) is 29.7. The van der Waals surface area contributed by atoms with Gasteiger partial charge in [0, 0.05) is 23.2 Å². The van der Waals surface area contributed by atoms with Gasteiger partial charge in [0.05, 0.1) is 10.5 Å². The Balaban J connectivity index is 2.30. The zero-order valence-corrected chi connectivity index (χ0v) is 11.8. The number of non-ortho nitro benzene ring substituents is 1. The van der Waals surface area contributed by atoms with Crippen molar-refractivity contribution in [1.82, 2.24) is 0 Å². The minimum absolute atomic E-state index is 0.00407. The van der Waals surface area contributed by atoms with Gasteiger partial charge in [-0.05, 0) is 35.9 Å². The molecule has 0 radical (unpaired) electrons. The largest absolute Gasteiger partial charge is 0.508 e. The van der Waals surface area contributed by atoms with Crippen molar-refractivity contribution < 1.29 is 19.9 Å². The van der Waals surface area contributed by atoms with E-state index in [1.807, 2.05) is 0 Å². The molecule has 22 heavy (non-hydrogen) atoms. The first-order valence-electron chi connectivity index (χ1n) is 6.07. The van der Waals surface area contributed by atoms with Gasteiger partial charge in [-0.3, -0.25) is 14.9 Å². The lowest BCUT2D eigenvalue weighted by atomic mass is 10.1. The number of phenolic OH excluding ortho intramolecular Hbond substituents is 2. The van der Waals surface area contributed by atoms with E-state index in [1.165, 1.54) is 36.4 Å². The van der Waals surface area contributed by atoms with Gasteiger partial charge < -0.3 is 10.2 Å². The van der Waals surface area contributed by atoms with Gasteiger partial charge in [-0.25, -0.2) is 0 Å². The molecular formula is C15H10ClNO5. The number of ketones is 1. The molecule has 0 fully saturated rings. The zero-order valence-electron chi connectivity index (χ0n) is 11.1. The Bertz CT molecular complexity index is 785. The molecule has 0 unspecified atom stereocenters. The normalized spacial score (nSPS) is 10.8. The van der Waals surface area contributed by atoms with Crippen molar-refractivity contribution >= 4 is 29.1 Å². The Labute approximate surface area is 130 Å². The van der Waals surface area contributed by atoms with E-state index in [1.54, 1.807) is 0 Å². The number of carbonyl (C=O) groups excluding carboxylic acids is 1. The third-order valence-electron chi connectivity index (χ3n) is 2.85. The van der Waals surface area contributed by atoms with Crippen LogP contribution in [0, 0.1) is 10.1 Å². The number of nitro groups is 1. The van der Waals surface area contributed by atoms with Crippen LogP contribution in [0.15, 0.2) is 42.5 Å². The molecule has 0 amide bonds. The standard InChI is InChI=1S/C15H10ClNO5/c16-13-5-2-10(17(21)22)7-9(13)1-6-14(19)12-4-3-11(18)8-15(12)20/h1-8,18,20H/b6-1+. The summed E-state index contributed by atoms with van der Waals surface area (Å²) in [7, 11) is 0. The highest BCUT2D eigenvalue weighted by atomic mass is 35.5. The molecule has 0 saturated carbocycles. The maximum atomic E-state index is 12.0. The highest BCUT2D eigenvalue weighted by Gasteiger charge is 2.11. The van der Waals surface area contributed by atoms with E-state index >= 15 is 0 Å². The average molecular weight is 320 g/mol. The number of hydrogen-bond acceptors (Lipinski definition) is 5. The smallest absolute Gasteiger partial charge is 0.270 e. The number of halogens is 1. The molecule has 7 heteroatoms. The summed E-state index contributed by atoms with van der Waals surface area (Å²) in [5.41, 5.74) is 0.155. The van der Waals surface area contributed by atoms with Crippen molar-refractivity contribution in [2.45, 2.75) is 0 Å². The predicted molar refractivity (Wildman–Crippen MR) is 81.2 cm³/mol. The van der Waals surface area contributed by atoms with Crippen LogP contribution in [-0.2, 0) is 0 Å². The second-order valence-electron chi connectivity index (χ2n) is 4.36. The molecule has 2 rings (SSSR count). The summed E-state index contributed by atoms with van der Waals surface area (Å²) in [6, 6.07) is 7.44. The Morgan fingerprint density at radius 3 is 2.55 bits per heavy atom. The highest BCUT2D eigenvalue weighted by molar-refractivity contribution is 6.32. The number of nitro benzene ring substituents is 1. The number of rotatable bonds is 4. The topological polar surface area (TPSA) is 101 Å². The van der Waals surface area contributed by atoms with Crippen molar-refractivity contribution in [2.75, 3.05) is 0 Å². The van der Waals surface area contributed by atoms with Crippen LogP contribution in [0.25, 0.3) is 6.08 Å². The van der Waals surface area contributed by atoms with Crippen molar-refractivity contribution in [3.63, 3.8) is 0 Å². The molecule has 0 heterocycles. The monoisotopic (exact) mass is 319 g/mol. The van der Waals surface area contributed by atoms with Gasteiger partial charge in [-0.2, -0.15) is 0 Å². The van der Waals surface area contributed by atoms with Crippen LogP contribution in [0.1, 0.15) is 15.9 Å². The number of nitrogens with zero attached hydrogens (tertiary/aromatic N) is 1. The Hall–Kier alpha value is -2.86. The fourth-order valence-electron chi connectivity index (χ4n) is 1.76. The maximum Gasteiger partial charge on any atom is 0.270 e. The molecule has 2 N–H and O–H groups in total. The van der Waals surface area contributed by atoms with Crippen LogP contribution in [0.2, 0.25) is 5.02 Å². The minimum Gasteiger partial charge on any atom is -0.508 e. The Morgan fingerprint density at radius 2 is 1.91 bits per heavy atom. The molecule has 2 aromatic carbocycles. The predicted octanol–water partition coefficient (Wildman–Crippen LogP) is 3.56. The van der Waals surface area contributed by atoms with Crippen molar-refractivity contribution in [3.05, 3.63) is 68.7 Å². The maximum absolute atomic E-state index is 12.0. The first-order chi connectivity index (χ1) is 10.4. The second kappa shape index (κ2) is 6.28. The number of aromatic hydroxyl groups is 2. The SMILES string of the molecule is O=C(/C=C/c1cc([N+](=O)[O-])ccc1Cl)c1ccc(O)cc1O. The van der Waals surface area contributed by atoms with Crippen LogP contribution in [-0.4, -0.2) is 20.9 Å². The summed E-state index contributed by atoms with van der Waals surface area (Å²) in [4.78, 5) is 22.1. The number of hydrogen-bond donors (Lipinski definition) is 2. The van der Waals surface area contributed by atoms with Gasteiger partial charge >= 0.3 is 0 Å². The number of benzene rings is 2. The molecule has 2 aromatic rings. The first kappa shape index (κ1) is 15.5. The molecule has 0 bridgehead atoms. The van der Waals surface area contributed by atoms with Gasteiger partial charge in [-0.15, -0.1) is 0 Å². The van der Waals surface area contributed by atoms with E-state index in [-0.39, 0.29) is 27.8 Å². The van der Waals surface area contributed by atoms with Gasteiger partial charge in [0.15, 0.2) is 5.78 Å². The van der Waals surface area contributed by atoms with Crippen LogP contribution in [0.5, 0.6) is 11.5 Å². The summed E-state index contributed by atoms with van der Waals surface area (Å²) in [6.07, 6.45) is 2.46. The van der Waals surface area contributed by atoms with E-state index in [9.17, 15) is 25.1 Å². The van der Waals surface area contributed by atoms with E-state index in [2.05, 4.69) is 0 Å². The molecule has 0 aliphatic rings. The lowest BCUT2D eigenvalue weighted by molar-refractivity contribution is -0.384. The fraction of sp³-hybridized carbons (Fsp3) is 0. The number of allylic oxidation sites excluding steroid dienone is 1. The molecule has 0 aliphatic heterocycles. The van der Waals surface area contributed by atoms with Gasteiger partial charge in [0.2, 0.25) is 0 Å². The van der Waals surface area contributed by atoms with Crippen LogP contribution in [0.4, 0.5) is 5.69 Å². The fourth-order valence-corrected chi connectivity index (χ4v) is 1.94. The molecule has 0 aromatic heterocycles. The van der Waals surface area contributed by atoms with E-state index in [0.29, 0.717) is 5.56 Å². The molecule has 112 valence electrons. The van der Waals surface area contributed by atoms with Gasteiger partial charge in [0.1, 0.15) is 11.5 Å². The van der Waals surface area contributed by atoms with Crippen molar-refractivity contribution in [1.29, 1.82) is 0 Å². The molecule has 6 nitrogen and oxygen atoms in total. The van der Waals surface area contributed by atoms with Gasteiger partial charge in [-0.1, -0.05) is 11.6 Å². The highest BCUT2D eigenvalue weighted by Crippen LogP contribution is 2.25. The van der Waals surface area contributed by atoms with E-state index in [0.717, 1.165) is 12.1 Å². The van der Waals surface area contributed by atoms with Crippen molar-refractivity contribution in [2.24, 2.45) is 0 Å². The number of carbonyl (C=O) groups is 1. The Kier molecular flexibility index (Phi) is 4.43. The molecule has 0 spiro atoms. The summed E-state index contributed by atoms with van der Waals surface area (Å²) in [6.45, 7) is 0. The lowest BCUT2D eigenvalue weighted by Gasteiger charge is -2.01. The van der Waals surface area contributed by atoms with Gasteiger partial charge in [0.25, 0.3) is 5.69 Å². The van der Waals surface area contributed by atoms with E-state index < -0.39 is 10.7 Å². The molecular weight excluding hydrogens is 310 g/mol. The third-order valence-corrected chi connectivity index (χ3v) is 3.20. The average Bonchev–Trinajstić information content (AvgIpc) is 2.45. The van der Waals surface area contributed by atoms with Crippen LogP contribution in [0.3, 0.4) is 0 Å². The van der Waals surface area contributed by atoms with Crippen LogP contribution >= 0.6 is 11.6 Å². The summed E-state index contributed by atoms with van der Waals surface area (Å²) < 4.78 is 0. The molecule has 0 atom stereocenters. The minimum atomic E-state index is -0.568. The first-order valence-corrected chi connectivity index (χ1v) is 6.44. The lowest BCUT2D eigenvalue weighted by Crippen LogP contribution is -1.95. The quantitative estimate of drug-likeness (QED) is 0.388. The third kappa shape index (κ3) is 3.42. The zero-order chi connectivity index (χ0) is 16.3.